The molecule has 1 amide bonds. The van der Waals surface area contributed by atoms with E-state index >= 15 is 0 Å². The van der Waals surface area contributed by atoms with Crippen molar-refractivity contribution in [1.82, 2.24) is 19.9 Å². The van der Waals surface area contributed by atoms with Crippen molar-refractivity contribution in [2.45, 2.75) is 13.8 Å². The van der Waals surface area contributed by atoms with Crippen LogP contribution in [0.2, 0.25) is 5.02 Å². The molecule has 0 aliphatic carbocycles. The number of aromatic nitrogens is 4. The minimum atomic E-state index is -0.272. The van der Waals surface area contributed by atoms with Crippen LogP contribution in [-0.2, 0) is 0 Å². The molecule has 0 atom stereocenters. The molecule has 4 aromatic rings. The first-order valence-corrected chi connectivity index (χ1v) is 10.2. The smallest absolute Gasteiger partial charge is 0.267 e. The zero-order chi connectivity index (χ0) is 21.1. The van der Waals surface area contributed by atoms with Gasteiger partial charge < -0.3 is 10.6 Å². The predicted octanol–water partition coefficient (Wildman–Crippen LogP) is 5.26. The van der Waals surface area contributed by atoms with Gasteiger partial charge in [-0.25, -0.2) is 15.0 Å². The minimum Gasteiger partial charge on any atom is -0.320 e. The zero-order valence-corrected chi connectivity index (χ0v) is 17.8. The summed E-state index contributed by atoms with van der Waals surface area (Å²) in [6, 6.07) is 11.1. The topological polar surface area (TPSA) is 92.7 Å². The Labute approximate surface area is 182 Å². The summed E-state index contributed by atoms with van der Waals surface area (Å²) in [5.41, 5.74) is 3.12. The Morgan fingerprint density at radius 3 is 2.73 bits per heavy atom. The van der Waals surface area contributed by atoms with Gasteiger partial charge in [0, 0.05) is 24.0 Å². The normalized spacial score (nSPS) is 10.6. The second-order valence-corrected chi connectivity index (χ2v) is 7.91. The Kier molecular flexibility index (Phi) is 5.69. The molecule has 150 valence electrons. The Morgan fingerprint density at radius 2 is 1.97 bits per heavy atom. The molecule has 0 aliphatic heterocycles. The quantitative estimate of drug-likeness (QED) is 0.443. The molecular weight excluding hydrogens is 420 g/mol. The number of thiazole rings is 1. The third kappa shape index (κ3) is 4.45. The largest absolute Gasteiger partial charge is 0.320 e. The molecule has 0 unspecified atom stereocenters. The van der Waals surface area contributed by atoms with Gasteiger partial charge in [0.25, 0.3) is 5.91 Å². The molecule has 0 bridgehead atoms. The number of benzene rings is 1. The molecule has 9 heteroatoms. The first kappa shape index (κ1) is 19.9. The molecule has 0 spiro atoms. The number of anilines is 3. The molecule has 0 fully saturated rings. The van der Waals surface area contributed by atoms with E-state index in [2.05, 4.69) is 30.6 Å². The van der Waals surface area contributed by atoms with E-state index in [0.29, 0.717) is 32.4 Å². The van der Waals surface area contributed by atoms with Crippen molar-refractivity contribution >= 4 is 45.5 Å². The molecule has 0 radical (unpaired) electrons. The fourth-order valence-corrected chi connectivity index (χ4v) is 3.79. The summed E-state index contributed by atoms with van der Waals surface area (Å²) >= 11 is 7.42. The van der Waals surface area contributed by atoms with E-state index in [1.54, 1.807) is 18.5 Å². The van der Waals surface area contributed by atoms with E-state index in [1.807, 2.05) is 44.2 Å². The van der Waals surface area contributed by atoms with Crippen LogP contribution in [0.5, 0.6) is 0 Å². The lowest BCUT2D eigenvalue weighted by molar-refractivity contribution is 0.103. The lowest BCUT2D eigenvalue weighted by atomic mass is 10.2. The molecule has 7 nitrogen and oxygen atoms in total. The van der Waals surface area contributed by atoms with Gasteiger partial charge in [0.05, 0.1) is 22.6 Å². The summed E-state index contributed by atoms with van der Waals surface area (Å²) in [4.78, 5) is 30.4. The van der Waals surface area contributed by atoms with Crippen LogP contribution in [0.25, 0.3) is 11.3 Å². The summed E-state index contributed by atoms with van der Waals surface area (Å²) in [7, 11) is 0. The van der Waals surface area contributed by atoms with Gasteiger partial charge in [-0.2, -0.15) is 0 Å². The van der Waals surface area contributed by atoms with Gasteiger partial charge in [-0.15, -0.1) is 0 Å². The van der Waals surface area contributed by atoms with Crippen molar-refractivity contribution < 1.29 is 4.79 Å². The number of rotatable bonds is 5. The SMILES string of the molecule is Cc1nc(Nc2ncc(C(=O)Nc3c(C)cccc3Cl)s2)cc(-c2cccnc2)n1. The highest BCUT2D eigenvalue weighted by Crippen LogP contribution is 2.28. The van der Waals surface area contributed by atoms with Gasteiger partial charge >= 0.3 is 0 Å². The molecule has 0 aliphatic rings. The summed E-state index contributed by atoms with van der Waals surface area (Å²) in [5.74, 6) is 0.929. The molecule has 3 aromatic heterocycles. The van der Waals surface area contributed by atoms with Crippen LogP contribution < -0.4 is 10.6 Å². The van der Waals surface area contributed by atoms with E-state index in [0.717, 1.165) is 16.8 Å². The van der Waals surface area contributed by atoms with E-state index < -0.39 is 0 Å². The number of pyridine rings is 1. The standard InChI is InChI=1S/C21H17ClN6OS/c1-12-5-3-7-15(22)19(12)28-20(29)17-11-24-21(30-17)27-18-9-16(25-13(2)26-18)14-6-4-8-23-10-14/h3-11H,1-2H3,(H,28,29)(H,24,25,26,27). The van der Waals surface area contributed by atoms with E-state index in [-0.39, 0.29) is 5.91 Å². The molecule has 30 heavy (non-hydrogen) atoms. The summed E-state index contributed by atoms with van der Waals surface area (Å²) in [5, 5.41) is 7.04. The maximum Gasteiger partial charge on any atom is 0.267 e. The van der Waals surface area contributed by atoms with Crippen LogP contribution >= 0.6 is 22.9 Å². The lowest BCUT2D eigenvalue weighted by Gasteiger charge is -2.09. The first-order valence-electron chi connectivity index (χ1n) is 9.05. The number of halogens is 1. The molecule has 3 heterocycles. The Morgan fingerprint density at radius 1 is 1.10 bits per heavy atom. The Hall–Kier alpha value is -3.36. The van der Waals surface area contributed by atoms with Crippen molar-refractivity contribution in [3.05, 3.63) is 76.3 Å². The number of aryl methyl sites for hydroxylation is 2. The van der Waals surface area contributed by atoms with E-state index in [9.17, 15) is 4.79 Å². The highest BCUT2D eigenvalue weighted by atomic mass is 35.5. The third-order valence-electron chi connectivity index (χ3n) is 4.22. The summed E-state index contributed by atoms with van der Waals surface area (Å²) < 4.78 is 0. The van der Waals surface area contributed by atoms with Crippen molar-refractivity contribution in [2.75, 3.05) is 10.6 Å². The molecule has 4 rings (SSSR count). The maximum absolute atomic E-state index is 12.6. The summed E-state index contributed by atoms with van der Waals surface area (Å²) in [6.45, 7) is 3.70. The molecule has 0 saturated carbocycles. The van der Waals surface area contributed by atoms with Gasteiger partial charge in [0.1, 0.15) is 16.5 Å². The fourth-order valence-electron chi connectivity index (χ4n) is 2.81. The molecular formula is C21H17ClN6OS. The van der Waals surface area contributed by atoms with Crippen LogP contribution in [0.15, 0.2) is 55.0 Å². The number of carbonyl (C=O) groups is 1. The highest BCUT2D eigenvalue weighted by molar-refractivity contribution is 7.17. The maximum atomic E-state index is 12.6. The first-order chi connectivity index (χ1) is 14.5. The second-order valence-electron chi connectivity index (χ2n) is 6.47. The van der Waals surface area contributed by atoms with Crippen LogP contribution in [0, 0.1) is 13.8 Å². The Bertz CT molecular complexity index is 1190. The third-order valence-corrected chi connectivity index (χ3v) is 5.45. The van der Waals surface area contributed by atoms with E-state index in [4.69, 9.17) is 11.6 Å². The Balaban J connectivity index is 1.52. The number of carbonyl (C=O) groups excluding carboxylic acids is 1. The van der Waals surface area contributed by atoms with E-state index in [1.165, 1.54) is 17.5 Å². The monoisotopic (exact) mass is 436 g/mol. The number of nitrogens with zero attached hydrogens (tertiary/aromatic N) is 4. The predicted molar refractivity (Wildman–Crippen MR) is 120 cm³/mol. The average Bonchev–Trinajstić information content (AvgIpc) is 3.19. The van der Waals surface area contributed by atoms with Crippen molar-refractivity contribution in [2.24, 2.45) is 0 Å². The summed E-state index contributed by atoms with van der Waals surface area (Å²) in [6.07, 6.45) is 4.97. The van der Waals surface area contributed by atoms with Gasteiger partial charge in [0.15, 0.2) is 5.13 Å². The fraction of sp³-hybridized carbons (Fsp3) is 0.0952. The molecule has 0 saturated heterocycles. The van der Waals surface area contributed by atoms with Gasteiger partial charge in [-0.1, -0.05) is 35.1 Å². The lowest BCUT2D eigenvalue weighted by Crippen LogP contribution is -2.11. The van der Waals surface area contributed by atoms with Crippen LogP contribution in [0.3, 0.4) is 0 Å². The zero-order valence-electron chi connectivity index (χ0n) is 16.2. The second kappa shape index (κ2) is 8.56. The number of amides is 1. The van der Waals surface area contributed by atoms with Crippen LogP contribution in [0.1, 0.15) is 21.1 Å². The molecule has 1 aromatic carbocycles. The number of para-hydroxylation sites is 1. The number of hydrogen-bond acceptors (Lipinski definition) is 7. The van der Waals surface area contributed by atoms with Gasteiger partial charge in [-0.3, -0.25) is 9.78 Å². The minimum absolute atomic E-state index is 0.272. The van der Waals surface area contributed by atoms with Crippen molar-refractivity contribution in [1.29, 1.82) is 0 Å². The molecule has 2 N–H and O–H groups in total. The number of nitrogens with one attached hydrogen (secondary N) is 2. The van der Waals surface area contributed by atoms with Crippen LogP contribution in [-0.4, -0.2) is 25.8 Å². The average molecular weight is 437 g/mol. The van der Waals surface area contributed by atoms with Crippen LogP contribution in [0.4, 0.5) is 16.6 Å². The number of hydrogen-bond donors (Lipinski definition) is 2. The van der Waals surface area contributed by atoms with Crippen molar-refractivity contribution in [3.8, 4) is 11.3 Å². The van der Waals surface area contributed by atoms with Crippen molar-refractivity contribution in [3.63, 3.8) is 0 Å². The van der Waals surface area contributed by atoms with Gasteiger partial charge in [-0.05, 0) is 37.6 Å². The van der Waals surface area contributed by atoms with Gasteiger partial charge in [0.2, 0.25) is 0 Å². The highest BCUT2D eigenvalue weighted by Gasteiger charge is 2.14.